The summed E-state index contributed by atoms with van der Waals surface area (Å²) in [4.78, 5) is 0. The summed E-state index contributed by atoms with van der Waals surface area (Å²) in [5.74, 6) is 0. The predicted molar refractivity (Wildman–Crippen MR) is 33.6 cm³/mol. The molecule has 46 valence electrons. The Bertz CT molecular complexity index is 116. The lowest BCUT2D eigenvalue weighted by atomic mass is 10.2. The van der Waals surface area contributed by atoms with E-state index in [1.54, 1.807) is 0 Å². The molecule has 0 aliphatic heterocycles. The van der Waals surface area contributed by atoms with Crippen molar-refractivity contribution >= 4 is 0 Å². The zero-order chi connectivity index (χ0) is 6.20. The van der Waals surface area contributed by atoms with Gasteiger partial charge in [-0.05, 0) is 26.7 Å². The number of rotatable bonds is 1. The normalized spacial score (nSPS) is 22.4. The van der Waals surface area contributed by atoms with Gasteiger partial charge in [0.15, 0.2) is 0 Å². The second-order valence-corrected chi connectivity index (χ2v) is 2.83. The van der Waals surface area contributed by atoms with Crippen molar-refractivity contribution in [2.45, 2.75) is 32.3 Å². The third kappa shape index (κ3) is 1.34. The molecule has 1 nitrogen and oxygen atoms in total. The van der Waals surface area contributed by atoms with Crippen LogP contribution >= 0.6 is 0 Å². The molecule has 0 aromatic rings. The highest BCUT2D eigenvalue weighted by atomic mass is 16.3. The van der Waals surface area contributed by atoms with E-state index >= 15 is 0 Å². The molecule has 0 aromatic heterocycles. The second kappa shape index (κ2) is 1.59. The van der Waals surface area contributed by atoms with Crippen LogP contribution in [-0.4, -0.2) is 10.7 Å². The third-order valence-electron chi connectivity index (χ3n) is 1.32. The Morgan fingerprint density at radius 1 is 1.50 bits per heavy atom. The highest BCUT2D eigenvalue weighted by molar-refractivity contribution is 5.14. The van der Waals surface area contributed by atoms with Gasteiger partial charge in [-0.3, -0.25) is 0 Å². The smallest absolute Gasteiger partial charge is 0.0832 e. The van der Waals surface area contributed by atoms with Crippen molar-refractivity contribution in [1.29, 1.82) is 0 Å². The molecule has 0 amide bonds. The van der Waals surface area contributed by atoms with Gasteiger partial charge in [0.05, 0.1) is 5.60 Å². The molecular formula is C7H12O. The van der Waals surface area contributed by atoms with Gasteiger partial charge in [-0.25, -0.2) is 0 Å². The molecule has 0 radical (unpaired) electrons. The topological polar surface area (TPSA) is 20.2 Å². The lowest BCUT2D eigenvalue weighted by Gasteiger charge is -1.97. The summed E-state index contributed by atoms with van der Waals surface area (Å²) in [7, 11) is 0. The Balaban J connectivity index is 2.50. The lowest BCUT2D eigenvalue weighted by molar-refractivity contribution is 0.201. The van der Waals surface area contributed by atoms with E-state index in [0.717, 1.165) is 12.8 Å². The summed E-state index contributed by atoms with van der Waals surface area (Å²) in [5, 5.41) is 9.22. The second-order valence-electron chi connectivity index (χ2n) is 2.83. The maximum Gasteiger partial charge on any atom is 0.0832 e. The quantitative estimate of drug-likeness (QED) is 0.509. The van der Waals surface area contributed by atoms with Crippen molar-refractivity contribution in [3.8, 4) is 0 Å². The van der Waals surface area contributed by atoms with Gasteiger partial charge in [-0.1, -0.05) is 11.6 Å². The van der Waals surface area contributed by atoms with E-state index in [-0.39, 0.29) is 0 Å². The van der Waals surface area contributed by atoms with Gasteiger partial charge in [-0.15, -0.1) is 0 Å². The lowest BCUT2D eigenvalue weighted by Crippen LogP contribution is -2.00. The molecule has 0 unspecified atom stereocenters. The van der Waals surface area contributed by atoms with Gasteiger partial charge in [0.25, 0.3) is 0 Å². The average Bonchev–Trinajstić information content (AvgIpc) is 2.17. The highest BCUT2D eigenvalue weighted by Gasteiger charge is 2.37. The molecule has 1 fully saturated rings. The molecule has 1 aliphatic carbocycles. The van der Waals surface area contributed by atoms with E-state index in [9.17, 15) is 5.11 Å². The number of allylic oxidation sites excluding steroid dienone is 1. The standard InChI is InChI=1S/C7H12O/c1-6(2)5-7(8)3-4-7/h5,8H,3-4H2,1-2H3. The minimum absolute atomic E-state index is 0.390. The fourth-order valence-electron chi connectivity index (χ4n) is 0.810. The molecule has 0 heterocycles. The molecule has 0 aromatic carbocycles. The summed E-state index contributed by atoms with van der Waals surface area (Å²) in [6.45, 7) is 4.02. The number of hydrogen-bond acceptors (Lipinski definition) is 1. The molecule has 1 saturated carbocycles. The van der Waals surface area contributed by atoms with Crippen molar-refractivity contribution in [2.75, 3.05) is 0 Å². The first-order chi connectivity index (χ1) is 3.62. The summed E-state index contributed by atoms with van der Waals surface area (Å²) >= 11 is 0. The summed E-state index contributed by atoms with van der Waals surface area (Å²) in [5.41, 5.74) is 0.823. The molecule has 1 heteroatoms. The van der Waals surface area contributed by atoms with Gasteiger partial charge >= 0.3 is 0 Å². The largest absolute Gasteiger partial charge is 0.386 e. The van der Waals surface area contributed by atoms with Crippen molar-refractivity contribution in [2.24, 2.45) is 0 Å². The van der Waals surface area contributed by atoms with E-state index in [4.69, 9.17) is 0 Å². The first-order valence-corrected chi connectivity index (χ1v) is 3.01. The van der Waals surface area contributed by atoms with Gasteiger partial charge in [0.2, 0.25) is 0 Å². The van der Waals surface area contributed by atoms with Crippen LogP contribution in [0.4, 0.5) is 0 Å². The predicted octanol–water partition coefficient (Wildman–Crippen LogP) is 1.48. The molecule has 0 bridgehead atoms. The van der Waals surface area contributed by atoms with Crippen molar-refractivity contribution < 1.29 is 5.11 Å². The molecule has 0 spiro atoms. The van der Waals surface area contributed by atoms with Crippen LogP contribution < -0.4 is 0 Å². The number of hydrogen-bond donors (Lipinski definition) is 1. The zero-order valence-electron chi connectivity index (χ0n) is 5.44. The fourth-order valence-corrected chi connectivity index (χ4v) is 0.810. The van der Waals surface area contributed by atoms with Crippen LogP contribution in [-0.2, 0) is 0 Å². The minimum Gasteiger partial charge on any atom is -0.386 e. The maximum atomic E-state index is 9.22. The van der Waals surface area contributed by atoms with Crippen LogP contribution in [0.2, 0.25) is 0 Å². The van der Waals surface area contributed by atoms with Gasteiger partial charge in [0, 0.05) is 0 Å². The van der Waals surface area contributed by atoms with E-state index in [1.165, 1.54) is 5.57 Å². The van der Waals surface area contributed by atoms with Crippen LogP contribution in [0.1, 0.15) is 26.7 Å². The Kier molecular flexibility index (Phi) is 1.16. The first-order valence-electron chi connectivity index (χ1n) is 3.01. The van der Waals surface area contributed by atoms with Crippen molar-refractivity contribution in [3.05, 3.63) is 11.6 Å². The Morgan fingerprint density at radius 3 is 2.12 bits per heavy atom. The molecular weight excluding hydrogens is 100 g/mol. The molecule has 1 N–H and O–H groups in total. The van der Waals surface area contributed by atoms with Crippen molar-refractivity contribution in [1.82, 2.24) is 0 Å². The van der Waals surface area contributed by atoms with Crippen LogP contribution in [0, 0.1) is 0 Å². The Labute approximate surface area is 50.0 Å². The molecule has 0 saturated heterocycles. The maximum absolute atomic E-state index is 9.22. The first kappa shape index (κ1) is 5.83. The van der Waals surface area contributed by atoms with Gasteiger partial charge < -0.3 is 5.11 Å². The van der Waals surface area contributed by atoms with Gasteiger partial charge in [0.1, 0.15) is 0 Å². The van der Waals surface area contributed by atoms with Crippen molar-refractivity contribution in [3.63, 3.8) is 0 Å². The fraction of sp³-hybridized carbons (Fsp3) is 0.714. The average molecular weight is 112 g/mol. The van der Waals surface area contributed by atoms with E-state index in [0.29, 0.717) is 0 Å². The minimum atomic E-state index is -0.390. The summed E-state index contributed by atoms with van der Waals surface area (Å²) in [6.07, 6.45) is 3.85. The van der Waals surface area contributed by atoms with E-state index < -0.39 is 5.60 Å². The van der Waals surface area contributed by atoms with Crippen LogP contribution in [0.25, 0.3) is 0 Å². The van der Waals surface area contributed by atoms with E-state index in [2.05, 4.69) is 0 Å². The van der Waals surface area contributed by atoms with Crippen LogP contribution in [0.3, 0.4) is 0 Å². The Morgan fingerprint density at radius 2 is 2.00 bits per heavy atom. The van der Waals surface area contributed by atoms with Crippen LogP contribution in [0.5, 0.6) is 0 Å². The Hall–Kier alpha value is -0.300. The van der Waals surface area contributed by atoms with Gasteiger partial charge in [-0.2, -0.15) is 0 Å². The number of aliphatic hydroxyl groups is 1. The molecule has 1 aliphatic rings. The van der Waals surface area contributed by atoms with Crippen LogP contribution in [0.15, 0.2) is 11.6 Å². The molecule has 0 atom stereocenters. The third-order valence-corrected chi connectivity index (χ3v) is 1.32. The summed E-state index contributed by atoms with van der Waals surface area (Å²) in [6, 6.07) is 0. The molecule has 8 heavy (non-hydrogen) atoms. The molecule has 1 rings (SSSR count). The SMILES string of the molecule is CC(C)=CC1(O)CC1. The zero-order valence-corrected chi connectivity index (χ0v) is 5.44. The summed E-state index contributed by atoms with van der Waals surface area (Å²) < 4.78 is 0. The monoisotopic (exact) mass is 112 g/mol. The highest BCUT2D eigenvalue weighted by Crippen LogP contribution is 2.36. The van der Waals surface area contributed by atoms with E-state index in [1.807, 2.05) is 19.9 Å².